The molecular formula is C18H18ClN3OS. The van der Waals surface area contributed by atoms with E-state index in [-0.39, 0.29) is 0 Å². The van der Waals surface area contributed by atoms with Gasteiger partial charge in [-0.2, -0.15) is 4.98 Å². The highest BCUT2D eigenvalue weighted by Gasteiger charge is 2.13. The monoisotopic (exact) mass is 359 g/mol. The Labute approximate surface area is 150 Å². The van der Waals surface area contributed by atoms with Gasteiger partial charge in [-0.15, -0.1) is 11.3 Å². The van der Waals surface area contributed by atoms with Crippen LogP contribution in [0.4, 0.5) is 0 Å². The first-order chi connectivity index (χ1) is 11.8. The van der Waals surface area contributed by atoms with Crippen molar-refractivity contribution in [1.29, 1.82) is 0 Å². The van der Waals surface area contributed by atoms with Crippen molar-refractivity contribution >= 4 is 34.6 Å². The highest BCUT2D eigenvalue weighted by molar-refractivity contribution is 7.13. The van der Waals surface area contributed by atoms with E-state index in [1.165, 1.54) is 0 Å². The molecule has 0 atom stereocenters. The minimum Gasteiger partial charge on any atom is -0.334 e. The molecule has 2 N–H and O–H groups in total. The Morgan fingerprint density at radius 1 is 1.21 bits per heavy atom. The lowest BCUT2D eigenvalue weighted by atomic mass is 10.0. The van der Waals surface area contributed by atoms with Crippen LogP contribution in [0, 0.1) is 0 Å². The molecule has 4 nitrogen and oxygen atoms in total. The standard InChI is InChI=1S/C18H18ClN3OS/c19-15-8-6-13(7-9-15)12-14(4-1-2-10-20)18-21-17(22-23-18)16-5-3-11-24-16/h3,5-9,11-12H,1-2,4,10,20H2/b14-12+. The summed E-state index contributed by atoms with van der Waals surface area (Å²) in [5, 5.41) is 6.82. The van der Waals surface area contributed by atoms with E-state index >= 15 is 0 Å². The van der Waals surface area contributed by atoms with Crippen LogP contribution >= 0.6 is 22.9 Å². The first-order valence-corrected chi connectivity index (χ1v) is 9.06. The molecule has 0 aliphatic heterocycles. The minimum absolute atomic E-state index is 0.561. The number of nitrogens with zero attached hydrogens (tertiary/aromatic N) is 2. The molecule has 6 heteroatoms. The van der Waals surface area contributed by atoms with Crippen molar-refractivity contribution in [2.24, 2.45) is 5.73 Å². The summed E-state index contributed by atoms with van der Waals surface area (Å²) in [5.74, 6) is 1.19. The van der Waals surface area contributed by atoms with E-state index < -0.39 is 0 Å². The van der Waals surface area contributed by atoms with Crippen LogP contribution in [0.15, 0.2) is 46.3 Å². The van der Waals surface area contributed by atoms with Gasteiger partial charge >= 0.3 is 0 Å². The van der Waals surface area contributed by atoms with Crippen LogP contribution in [0.2, 0.25) is 5.02 Å². The Morgan fingerprint density at radius 3 is 2.75 bits per heavy atom. The molecule has 0 amide bonds. The summed E-state index contributed by atoms with van der Waals surface area (Å²) in [6.45, 7) is 0.679. The predicted molar refractivity (Wildman–Crippen MR) is 99.8 cm³/mol. The average Bonchev–Trinajstić information content (AvgIpc) is 3.27. The summed E-state index contributed by atoms with van der Waals surface area (Å²) in [4.78, 5) is 5.55. The Morgan fingerprint density at radius 2 is 2.04 bits per heavy atom. The zero-order valence-corrected chi connectivity index (χ0v) is 14.7. The maximum Gasteiger partial charge on any atom is 0.254 e. The number of allylic oxidation sites excluding steroid dienone is 1. The molecule has 1 aromatic carbocycles. The van der Waals surface area contributed by atoms with Crippen molar-refractivity contribution in [1.82, 2.24) is 10.1 Å². The number of halogens is 1. The molecule has 2 aromatic heterocycles. The van der Waals surface area contributed by atoms with Crippen LogP contribution < -0.4 is 5.73 Å². The summed E-state index contributed by atoms with van der Waals surface area (Å²) >= 11 is 7.55. The van der Waals surface area contributed by atoms with Gasteiger partial charge in [0.1, 0.15) is 0 Å². The highest BCUT2D eigenvalue weighted by atomic mass is 35.5. The largest absolute Gasteiger partial charge is 0.334 e. The minimum atomic E-state index is 0.561. The lowest BCUT2D eigenvalue weighted by Crippen LogP contribution is -1.98. The number of nitrogens with two attached hydrogens (primary N) is 1. The predicted octanol–water partition coefficient (Wildman–Crippen LogP) is 5.12. The van der Waals surface area contributed by atoms with Gasteiger partial charge in [0.05, 0.1) is 4.88 Å². The van der Waals surface area contributed by atoms with E-state index in [1.54, 1.807) is 11.3 Å². The molecule has 2 heterocycles. The van der Waals surface area contributed by atoms with Gasteiger partial charge in [0.2, 0.25) is 5.82 Å². The van der Waals surface area contributed by atoms with Gasteiger partial charge in [0.15, 0.2) is 0 Å². The first kappa shape index (κ1) is 16.9. The van der Waals surface area contributed by atoms with Crippen LogP contribution in [-0.2, 0) is 0 Å². The van der Waals surface area contributed by atoms with Crippen molar-refractivity contribution in [2.45, 2.75) is 19.3 Å². The van der Waals surface area contributed by atoms with Gasteiger partial charge in [-0.25, -0.2) is 0 Å². The zero-order valence-electron chi connectivity index (χ0n) is 13.1. The number of benzene rings is 1. The summed E-state index contributed by atoms with van der Waals surface area (Å²) in [6.07, 6.45) is 4.85. The third-order valence-corrected chi connectivity index (χ3v) is 4.67. The molecule has 124 valence electrons. The third kappa shape index (κ3) is 4.32. The number of unbranched alkanes of at least 4 members (excludes halogenated alkanes) is 1. The van der Waals surface area contributed by atoms with Crippen molar-refractivity contribution in [3.8, 4) is 10.7 Å². The number of aromatic nitrogens is 2. The first-order valence-electron chi connectivity index (χ1n) is 7.80. The molecule has 0 aliphatic carbocycles. The molecule has 24 heavy (non-hydrogen) atoms. The SMILES string of the molecule is NCCCC/C(=C\c1ccc(Cl)cc1)c1nc(-c2cccs2)no1. The van der Waals surface area contributed by atoms with Crippen molar-refractivity contribution < 1.29 is 4.52 Å². The van der Waals surface area contributed by atoms with E-state index in [4.69, 9.17) is 21.9 Å². The third-order valence-electron chi connectivity index (χ3n) is 3.55. The molecule has 0 radical (unpaired) electrons. The molecule has 0 aliphatic rings. The Kier molecular flexibility index (Phi) is 5.80. The molecule has 0 unspecified atom stereocenters. The highest BCUT2D eigenvalue weighted by Crippen LogP contribution is 2.27. The van der Waals surface area contributed by atoms with Crippen LogP contribution in [-0.4, -0.2) is 16.7 Å². The maximum absolute atomic E-state index is 5.95. The van der Waals surface area contributed by atoms with E-state index in [0.29, 0.717) is 18.3 Å². The average molecular weight is 360 g/mol. The fourth-order valence-corrected chi connectivity index (χ4v) is 3.10. The fourth-order valence-electron chi connectivity index (χ4n) is 2.32. The zero-order chi connectivity index (χ0) is 16.8. The molecule has 0 saturated carbocycles. The molecular weight excluding hydrogens is 342 g/mol. The van der Waals surface area contributed by atoms with Crippen LogP contribution in [0.5, 0.6) is 0 Å². The van der Waals surface area contributed by atoms with Crippen LogP contribution in [0.1, 0.15) is 30.7 Å². The summed E-state index contributed by atoms with van der Waals surface area (Å²) in [7, 11) is 0. The number of thiophene rings is 1. The lowest BCUT2D eigenvalue weighted by molar-refractivity contribution is 0.407. The lowest BCUT2D eigenvalue weighted by Gasteiger charge is -2.03. The van der Waals surface area contributed by atoms with E-state index in [0.717, 1.165) is 40.3 Å². The number of hydrogen-bond donors (Lipinski definition) is 1. The topological polar surface area (TPSA) is 64.9 Å². The fraction of sp³-hybridized carbons (Fsp3) is 0.222. The molecule has 0 spiro atoms. The van der Waals surface area contributed by atoms with Crippen LogP contribution in [0.3, 0.4) is 0 Å². The summed E-state index contributed by atoms with van der Waals surface area (Å²) in [5.41, 5.74) is 7.68. The van der Waals surface area contributed by atoms with Gasteiger partial charge in [-0.3, -0.25) is 0 Å². The van der Waals surface area contributed by atoms with E-state index in [2.05, 4.69) is 16.2 Å². The smallest absolute Gasteiger partial charge is 0.254 e. The molecule has 3 aromatic rings. The number of rotatable bonds is 7. The van der Waals surface area contributed by atoms with Gasteiger partial charge in [0, 0.05) is 10.6 Å². The second kappa shape index (κ2) is 8.24. The summed E-state index contributed by atoms with van der Waals surface area (Å²) < 4.78 is 5.50. The molecule has 0 saturated heterocycles. The Hall–Kier alpha value is -1.95. The number of hydrogen-bond acceptors (Lipinski definition) is 5. The molecule has 3 rings (SSSR count). The van der Waals surface area contributed by atoms with Gasteiger partial charge < -0.3 is 10.3 Å². The van der Waals surface area contributed by atoms with Crippen molar-refractivity contribution in [3.63, 3.8) is 0 Å². The van der Waals surface area contributed by atoms with Gasteiger partial charge in [-0.05, 0) is 61.0 Å². The van der Waals surface area contributed by atoms with Gasteiger partial charge in [-0.1, -0.05) is 35.0 Å². The van der Waals surface area contributed by atoms with E-state index in [9.17, 15) is 0 Å². The maximum atomic E-state index is 5.95. The second-order valence-electron chi connectivity index (χ2n) is 5.37. The molecule has 0 bridgehead atoms. The second-order valence-corrected chi connectivity index (χ2v) is 6.75. The van der Waals surface area contributed by atoms with Crippen LogP contribution in [0.25, 0.3) is 22.4 Å². The van der Waals surface area contributed by atoms with Crippen molar-refractivity contribution in [2.75, 3.05) is 6.54 Å². The Balaban J connectivity index is 1.88. The summed E-state index contributed by atoms with van der Waals surface area (Å²) in [6, 6.07) is 11.6. The Bertz CT molecular complexity index is 794. The van der Waals surface area contributed by atoms with E-state index in [1.807, 2.05) is 41.8 Å². The normalized spacial score (nSPS) is 11.8. The quantitative estimate of drug-likeness (QED) is 0.594. The van der Waals surface area contributed by atoms with Gasteiger partial charge in [0.25, 0.3) is 5.89 Å². The molecule has 0 fully saturated rings. The van der Waals surface area contributed by atoms with Crippen molar-refractivity contribution in [3.05, 3.63) is 58.3 Å².